The summed E-state index contributed by atoms with van der Waals surface area (Å²) in [4.78, 5) is 39.7. The SMILES string of the molecule is COC(=O)/C=C/COc1ccc(Cl)cc1N1C(=O)C(O)=C(C(=O)c2ccccc2)C1c1ccc(Cl)cc1. The number of nitrogens with zero attached hydrogens (tertiary/aromatic N) is 1. The van der Waals surface area contributed by atoms with Crippen molar-refractivity contribution in [2.75, 3.05) is 18.6 Å². The van der Waals surface area contributed by atoms with Crippen LogP contribution in [0.25, 0.3) is 0 Å². The summed E-state index contributed by atoms with van der Waals surface area (Å²) in [5.41, 5.74) is 0.993. The average molecular weight is 538 g/mol. The molecule has 0 aliphatic carbocycles. The zero-order valence-corrected chi connectivity index (χ0v) is 21.1. The fraction of sp³-hybridized carbons (Fsp3) is 0.107. The molecule has 1 unspecified atom stereocenters. The number of amides is 1. The standard InChI is InChI=1S/C28H21Cl2NO6/c1-36-23(32)8-5-15-37-22-14-13-20(30)16-21(22)31-25(17-9-11-19(29)12-10-17)24(27(34)28(31)35)26(33)18-6-3-2-4-7-18/h2-14,16,25,34H,15H2,1H3/b8-5+. The van der Waals surface area contributed by atoms with Gasteiger partial charge in [-0.2, -0.15) is 0 Å². The number of hydrogen-bond donors (Lipinski definition) is 1. The second-order valence-electron chi connectivity index (χ2n) is 7.94. The van der Waals surface area contributed by atoms with Gasteiger partial charge in [0.1, 0.15) is 12.4 Å². The molecule has 37 heavy (non-hydrogen) atoms. The van der Waals surface area contributed by atoms with E-state index in [-0.39, 0.29) is 23.6 Å². The van der Waals surface area contributed by atoms with E-state index in [2.05, 4.69) is 4.74 Å². The molecule has 188 valence electrons. The van der Waals surface area contributed by atoms with Gasteiger partial charge >= 0.3 is 5.97 Å². The molecule has 0 spiro atoms. The number of carbonyl (C=O) groups excluding carboxylic acids is 3. The highest BCUT2D eigenvalue weighted by Gasteiger charge is 2.45. The summed E-state index contributed by atoms with van der Waals surface area (Å²) in [5, 5.41) is 11.7. The monoisotopic (exact) mass is 537 g/mol. The number of anilines is 1. The number of carbonyl (C=O) groups is 3. The van der Waals surface area contributed by atoms with E-state index in [1.807, 2.05) is 0 Å². The molecule has 3 aromatic rings. The third kappa shape index (κ3) is 5.53. The molecule has 3 aromatic carbocycles. The number of esters is 1. The minimum atomic E-state index is -0.996. The molecule has 0 saturated heterocycles. The first kappa shape index (κ1) is 26.0. The van der Waals surface area contributed by atoms with Crippen LogP contribution in [0.1, 0.15) is 22.0 Å². The lowest BCUT2D eigenvalue weighted by Crippen LogP contribution is -2.31. The molecule has 1 aliphatic heterocycles. The molecular weight excluding hydrogens is 517 g/mol. The summed E-state index contributed by atoms with van der Waals surface area (Å²) < 4.78 is 10.4. The van der Waals surface area contributed by atoms with E-state index >= 15 is 0 Å². The summed E-state index contributed by atoms with van der Waals surface area (Å²) >= 11 is 12.4. The maximum Gasteiger partial charge on any atom is 0.330 e. The van der Waals surface area contributed by atoms with Crippen LogP contribution in [-0.4, -0.2) is 36.5 Å². The molecule has 1 aliphatic rings. The van der Waals surface area contributed by atoms with Crippen LogP contribution >= 0.6 is 23.2 Å². The van der Waals surface area contributed by atoms with Crippen molar-refractivity contribution in [3.8, 4) is 5.75 Å². The van der Waals surface area contributed by atoms with Crippen LogP contribution in [0, 0.1) is 0 Å². The fourth-order valence-electron chi connectivity index (χ4n) is 3.94. The van der Waals surface area contributed by atoms with Gasteiger partial charge in [-0.3, -0.25) is 14.5 Å². The lowest BCUT2D eigenvalue weighted by molar-refractivity contribution is -0.134. The summed E-state index contributed by atoms with van der Waals surface area (Å²) in [6, 6.07) is 18.6. The molecule has 0 aromatic heterocycles. The van der Waals surface area contributed by atoms with Crippen molar-refractivity contribution in [2.24, 2.45) is 0 Å². The van der Waals surface area contributed by atoms with Crippen molar-refractivity contribution in [1.82, 2.24) is 0 Å². The van der Waals surface area contributed by atoms with Gasteiger partial charge in [-0.15, -0.1) is 0 Å². The van der Waals surface area contributed by atoms with Crippen molar-refractivity contribution in [3.63, 3.8) is 0 Å². The van der Waals surface area contributed by atoms with Crippen LogP contribution < -0.4 is 9.64 Å². The lowest BCUT2D eigenvalue weighted by atomic mass is 9.92. The number of Topliss-reactive ketones (excluding diaryl/α,β-unsaturated/α-hetero) is 1. The predicted octanol–water partition coefficient (Wildman–Crippen LogP) is 5.88. The molecule has 1 N–H and O–H groups in total. The molecule has 4 rings (SSSR count). The summed E-state index contributed by atoms with van der Waals surface area (Å²) in [5.74, 6) is -2.27. The van der Waals surface area contributed by atoms with Gasteiger partial charge < -0.3 is 14.6 Å². The van der Waals surface area contributed by atoms with Crippen molar-refractivity contribution < 1.29 is 29.0 Å². The maximum atomic E-state index is 13.6. The van der Waals surface area contributed by atoms with Crippen LogP contribution in [0.3, 0.4) is 0 Å². The van der Waals surface area contributed by atoms with E-state index in [4.69, 9.17) is 27.9 Å². The zero-order valence-electron chi connectivity index (χ0n) is 19.6. The van der Waals surface area contributed by atoms with Crippen molar-refractivity contribution >= 4 is 46.5 Å². The number of aliphatic hydroxyl groups excluding tert-OH is 1. The average Bonchev–Trinajstić information content (AvgIpc) is 3.17. The van der Waals surface area contributed by atoms with E-state index in [1.54, 1.807) is 66.7 Å². The Morgan fingerprint density at radius 1 is 1.00 bits per heavy atom. The van der Waals surface area contributed by atoms with Crippen molar-refractivity contribution in [2.45, 2.75) is 6.04 Å². The first-order valence-corrected chi connectivity index (χ1v) is 11.9. The fourth-order valence-corrected chi connectivity index (χ4v) is 4.23. The van der Waals surface area contributed by atoms with Crippen LogP contribution in [0.4, 0.5) is 5.69 Å². The number of ketones is 1. The third-order valence-corrected chi connectivity index (χ3v) is 6.13. The van der Waals surface area contributed by atoms with E-state index in [1.165, 1.54) is 30.2 Å². The summed E-state index contributed by atoms with van der Waals surface area (Å²) in [6.45, 7) is -0.0212. The Balaban J connectivity index is 1.81. The van der Waals surface area contributed by atoms with E-state index in [0.717, 1.165) is 0 Å². The minimum Gasteiger partial charge on any atom is -0.503 e. The quantitative estimate of drug-likeness (QED) is 0.219. The Hall–Kier alpha value is -4.07. The van der Waals surface area contributed by atoms with Crippen LogP contribution in [0.15, 0.2) is 96.3 Å². The van der Waals surface area contributed by atoms with Gasteiger partial charge in [-0.25, -0.2) is 4.79 Å². The van der Waals surface area contributed by atoms with Gasteiger partial charge in [0.15, 0.2) is 11.5 Å². The van der Waals surface area contributed by atoms with E-state index < -0.39 is 29.5 Å². The molecule has 1 amide bonds. The molecule has 9 heteroatoms. The van der Waals surface area contributed by atoms with Gasteiger partial charge in [0, 0.05) is 21.7 Å². The van der Waals surface area contributed by atoms with Gasteiger partial charge in [0.2, 0.25) is 0 Å². The number of rotatable bonds is 8. The second kappa shape index (κ2) is 11.3. The van der Waals surface area contributed by atoms with Crippen LogP contribution in [-0.2, 0) is 14.3 Å². The first-order chi connectivity index (χ1) is 17.8. The van der Waals surface area contributed by atoms with E-state index in [9.17, 15) is 19.5 Å². The molecule has 0 radical (unpaired) electrons. The lowest BCUT2D eigenvalue weighted by Gasteiger charge is -2.28. The van der Waals surface area contributed by atoms with Crippen LogP contribution in [0.2, 0.25) is 10.0 Å². The Bertz CT molecular complexity index is 1400. The number of benzene rings is 3. The molecule has 7 nitrogen and oxygen atoms in total. The Labute approximate surface area is 223 Å². The summed E-state index contributed by atoms with van der Waals surface area (Å²) in [6.07, 6.45) is 2.66. The van der Waals surface area contributed by atoms with Gasteiger partial charge in [-0.05, 0) is 42.0 Å². The highest BCUT2D eigenvalue weighted by Crippen LogP contribution is 2.45. The molecule has 0 saturated carbocycles. The smallest absolute Gasteiger partial charge is 0.330 e. The maximum absolute atomic E-state index is 13.6. The number of methoxy groups -OCH3 is 1. The minimum absolute atomic E-state index is 0.0212. The molecular formula is C28H21Cl2NO6. The Kier molecular flexibility index (Phi) is 7.96. The Morgan fingerprint density at radius 3 is 2.35 bits per heavy atom. The number of aliphatic hydroxyl groups is 1. The largest absolute Gasteiger partial charge is 0.503 e. The highest BCUT2D eigenvalue weighted by atomic mass is 35.5. The van der Waals surface area contributed by atoms with Crippen molar-refractivity contribution in [1.29, 1.82) is 0 Å². The topological polar surface area (TPSA) is 93.1 Å². The van der Waals surface area contributed by atoms with Gasteiger partial charge in [0.25, 0.3) is 5.91 Å². The molecule has 0 bridgehead atoms. The normalized spacial score (nSPS) is 15.4. The summed E-state index contributed by atoms with van der Waals surface area (Å²) in [7, 11) is 1.26. The zero-order chi connectivity index (χ0) is 26.5. The Morgan fingerprint density at radius 2 is 1.68 bits per heavy atom. The molecule has 1 atom stereocenters. The molecule has 1 heterocycles. The predicted molar refractivity (Wildman–Crippen MR) is 140 cm³/mol. The van der Waals surface area contributed by atoms with E-state index in [0.29, 0.717) is 21.2 Å². The highest BCUT2D eigenvalue weighted by molar-refractivity contribution is 6.31. The van der Waals surface area contributed by atoms with Gasteiger partial charge in [0.05, 0.1) is 24.4 Å². The second-order valence-corrected chi connectivity index (χ2v) is 8.81. The van der Waals surface area contributed by atoms with Gasteiger partial charge in [-0.1, -0.05) is 65.7 Å². The number of hydrogen-bond acceptors (Lipinski definition) is 6. The third-order valence-electron chi connectivity index (χ3n) is 5.65. The van der Waals surface area contributed by atoms with Crippen LogP contribution in [0.5, 0.6) is 5.75 Å². The number of halogens is 2. The number of ether oxygens (including phenoxy) is 2. The first-order valence-electron chi connectivity index (χ1n) is 11.1. The van der Waals surface area contributed by atoms with Crippen molar-refractivity contribution in [3.05, 3.63) is 117 Å². The molecule has 0 fully saturated rings.